The monoisotopic (exact) mass is 759 g/mol. The van der Waals surface area contributed by atoms with Crippen molar-refractivity contribution in [3.63, 3.8) is 0 Å². The molecule has 54 heavy (non-hydrogen) atoms. The number of fused-ring (bicyclic) bond motifs is 7. The first kappa shape index (κ1) is 38.9. The molecule has 9 unspecified atom stereocenters. The molecule has 1 saturated heterocycles. The van der Waals surface area contributed by atoms with Crippen molar-refractivity contribution < 1.29 is 18.3 Å². The van der Waals surface area contributed by atoms with E-state index in [1.165, 1.54) is 87.5 Å². The molecule has 5 saturated carbocycles. The van der Waals surface area contributed by atoms with Gasteiger partial charge in [-0.2, -0.15) is 0 Å². The molecule has 0 bridgehead atoms. The summed E-state index contributed by atoms with van der Waals surface area (Å²) in [5, 5.41) is 9.53. The van der Waals surface area contributed by atoms with E-state index in [1.807, 2.05) is 12.1 Å². The Bertz CT molecular complexity index is 1770. The van der Waals surface area contributed by atoms with Gasteiger partial charge in [0.2, 0.25) is 0 Å². The van der Waals surface area contributed by atoms with Gasteiger partial charge in [-0.05, 0) is 177 Å². The average Bonchev–Trinajstić information content (AvgIpc) is 3.89. The molecule has 298 valence electrons. The van der Waals surface area contributed by atoms with Crippen LogP contribution in [0, 0.1) is 56.7 Å². The van der Waals surface area contributed by atoms with Crippen molar-refractivity contribution in [2.24, 2.45) is 56.7 Å². The third-order valence-corrected chi connectivity index (χ3v) is 19.8. The SMILES string of the molecule is C=C(C)C1CCC2(CN(CCCN3CCS(=O)(=O)CC3)C3CC3)CCC3(C)C(CCC4C5(C)CC=C(c6ccc(C(=O)O)cc6)C(C)(C)C5CCC43C)C12. The molecule has 9 atom stereocenters. The smallest absolute Gasteiger partial charge is 0.335 e. The second-order valence-corrected chi connectivity index (χ2v) is 23.3. The van der Waals surface area contributed by atoms with Crippen LogP contribution in [0.15, 0.2) is 42.5 Å². The molecule has 1 heterocycles. The molecular formula is C47H70N2O4S. The van der Waals surface area contributed by atoms with Gasteiger partial charge in [0.25, 0.3) is 0 Å². The zero-order valence-corrected chi connectivity index (χ0v) is 35.3. The van der Waals surface area contributed by atoms with Gasteiger partial charge in [-0.25, -0.2) is 13.2 Å². The number of hydrogen-bond acceptors (Lipinski definition) is 5. The summed E-state index contributed by atoms with van der Waals surface area (Å²) in [4.78, 5) is 16.9. The van der Waals surface area contributed by atoms with Gasteiger partial charge in [0.05, 0.1) is 17.1 Å². The highest BCUT2D eigenvalue weighted by Gasteiger charge is 2.70. The fourth-order valence-electron chi connectivity index (χ4n) is 15.2. The van der Waals surface area contributed by atoms with E-state index in [0.717, 1.165) is 37.9 Å². The standard InChI is InChI=1S/C47H70N2O4S/c1-32(2)36-17-22-47(31-49(35-13-14-35)26-8-25-48-27-29-54(52,53)30-28-48)24-23-45(6)38(41(36)47)15-16-40-44(5)20-18-37(33-9-11-34(12-10-33)42(50)51)43(3,4)39(44)19-21-46(40,45)7/h9-12,18,35-36,38-41H,1,8,13-17,19-31H2,2-7H3,(H,50,51). The molecule has 6 aliphatic carbocycles. The van der Waals surface area contributed by atoms with E-state index >= 15 is 0 Å². The summed E-state index contributed by atoms with van der Waals surface area (Å²) in [6, 6.07) is 8.39. The number of aromatic carboxylic acids is 1. The van der Waals surface area contributed by atoms with Gasteiger partial charge in [-0.15, -0.1) is 0 Å². The summed E-state index contributed by atoms with van der Waals surface area (Å²) in [5.41, 5.74) is 5.64. The van der Waals surface area contributed by atoms with Crippen molar-refractivity contribution in [3.05, 3.63) is 53.6 Å². The van der Waals surface area contributed by atoms with E-state index in [1.54, 1.807) is 12.1 Å². The Morgan fingerprint density at radius 1 is 0.889 bits per heavy atom. The summed E-state index contributed by atoms with van der Waals surface area (Å²) in [7, 11) is -2.84. The first-order valence-electron chi connectivity index (χ1n) is 21.8. The van der Waals surface area contributed by atoms with Crippen LogP contribution in [-0.2, 0) is 9.84 Å². The van der Waals surface area contributed by atoms with Crippen LogP contribution in [0.2, 0.25) is 0 Å². The molecule has 0 radical (unpaired) electrons. The Labute approximate surface area is 327 Å². The molecule has 0 spiro atoms. The van der Waals surface area contributed by atoms with Gasteiger partial charge in [-0.3, -0.25) is 4.90 Å². The Kier molecular flexibility index (Phi) is 9.77. The number of benzene rings is 1. The third kappa shape index (κ3) is 6.22. The molecule has 0 aromatic heterocycles. The van der Waals surface area contributed by atoms with Gasteiger partial charge in [-0.1, -0.05) is 65.0 Å². The zero-order chi connectivity index (χ0) is 38.5. The predicted molar refractivity (Wildman–Crippen MR) is 220 cm³/mol. The molecule has 6 fully saturated rings. The lowest BCUT2D eigenvalue weighted by Crippen LogP contribution is -2.66. The van der Waals surface area contributed by atoms with Gasteiger partial charge in [0.1, 0.15) is 0 Å². The Morgan fingerprint density at radius 3 is 2.24 bits per heavy atom. The molecule has 1 aromatic carbocycles. The molecule has 7 heteroatoms. The molecule has 1 N–H and O–H groups in total. The third-order valence-electron chi connectivity index (χ3n) is 18.2. The summed E-state index contributed by atoms with van der Waals surface area (Å²) in [5.74, 6) is 3.17. The van der Waals surface area contributed by atoms with Crippen molar-refractivity contribution in [3.8, 4) is 0 Å². The van der Waals surface area contributed by atoms with Crippen LogP contribution < -0.4 is 0 Å². The highest BCUT2D eigenvalue weighted by molar-refractivity contribution is 7.91. The number of rotatable bonds is 10. The molecule has 6 nitrogen and oxygen atoms in total. The first-order valence-corrected chi connectivity index (χ1v) is 23.6. The second kappa shape index (κ2) is 13.6. The van der Waals surface area contributed by atoms with Crippen LogP contribution in [0.4, 0.5) is 0 Å². The molecule has 1 aliphatic heterocycles. The summed E-state index contributed by atoms with van der Waals surface area (Å²) >= 11 is 0. The maximum absolute atomic E-state index is 12.0. The molecule has 8 rings (SSSR count). The van der Waals surface area contributed by atoms with E-state index in [4.69, 9.17) is 0 Å². The normalized spacial score (nSPS) is 41.2. The van der Waals surface area contributed by atoms with E-state index in [-0.39, 0.29) is 10.8 Å². The van der Waals surface area contributed by atoms with E-state index in [9.17, 15) is 18.3 Å². The van der Waals surface area contributed by atoms with Crippen LogP contribution in [0.5, 0.6) is 0 Å². The predicted octanol–water partition coefficient (Wildman–Crippen LogP) is 9.62. The fourth-order valence-corrected chi connectivity index (χ4v) is 16.4. The number of carbonyl (C=O) groups is 1. The lowest BCUT2D eigenvalue weighted by atomic mass is 9.32. The summed E-state index contributed by atoms with van der Waals surface area (Å²) < 4.78 is 24.1. The van der Waals surface area contributed by atoms with Gasteiger partial charge >= 0.3 is 5.97 Å². The van der Waals surface area contributed by atoms with E-state index < -0.39 is 15.8 Å². The Balaban J connectivity index is 1.04. The Hall–Kier alpha value is -1.96. The van der Waals surface area contributed by atoms with E-state index in [2.05, 4.69) is 64.0 Å². The minimum atomic E-state index is -2.84. The van der Waals surface area contributed by atoms with Crippen molar-refractivity contribution in [1.82, 2.24) is 9.80 Å². The topological polar surface area (TPSA) is 77.9 Å². The quantitative estimate of drug-likeness (QED) is 0.240. The molecule has 7 aliphatic rings. The maximum atomic E-state index is 12.0. The minimum absolute atomic E-state index is 0.0208. The second-order valence-electron chi connectivity index (χ2n) is 21.0. The lowest BCUT2D eigenvalue weighted by Gasteiger charge is -2.72. The van der Waals surface area contributed by atoms with Crippen LogP contribution in [-0.4, -0.2) is 79.6 Å². The maximum Gasteiger partial charge on any atom is 0.335 e. The zero-order valence-electron chi connectivity index (χ0n) is 34.5. The van der Waals surface area contributed by atoms with Gasteiger partial charge < -0.3 is 10.0 Å². The van der Waals surface area contributed by atoms with Crippen molar-refractivity contribution in [2.45, 2.75) is 125 Å². The minimum Gasteiger partial charge on any atom is -0.478 e. The largest absolute Gasteiger partial charge is 0.478 e. The highest BCUT2D eigenvalue weighted by Crippen LogP contribution is 2.78. The molecule has 1 aromatic rings. The van der Waals surface area contributed by atoms with Crippen molar-refractivity contribution in [2.75, 3.05) is 44.2 Å². The fraction of sp³-hybridized carbons (Fsp3) is 0.766. The lowest BCUT2D eigenvalue weighted by molar-refractivity contribution is -0.227. The van der Waals surface area contributed by atoms with Crippen LogP contribution in [0.3, 0.4) is 0 Å². The van der Waals surface area contributed by atoms with Crippen LogP contribution in [0.1, 0.15) is 135 Å². The average molecular weight is 759 g/mol. The highest BCUT2D eigenvalue weighted by atomic mass is 32.2. The number of allylic oxidation sites excluding steroid dienone is 3. The van der Waals surface area contributed by atoms with E-state index in [0.29, 0.717) is 70.1 Å². The van der Waals surface area contributed by atoms with Gasteiger partial charge in [0, 0.05) is 25.7 Å². The van der Waals surface area contributed by atoms with Gasteiger partial charge in [0.15, 0.2) is 9.84 Å². The summed E-state index contributed by atoms with van der Waals surface area (Å²) in [6.45, 7) is 25.0. The van der Waals surface area contributed by atoms with Crippen molar-refractivity contribution >= 4 is 21.4 Å². The number of hydrogen-bond donors (Lipinski definition) is 1. The summed E-state index contributed by atoms with van der Waals surface area (Å²) in [6.07, 6.45) is 18.1. The van der Waals surface area contributed by atoms with Crippen LogP contribution in [0.25, 0.3) is 5.57 Å². The molecule has 0 amide bonds. The van der Waals surface area contributed by atoms with Crippen LogP contribution >= 0.6 is 0 Å². The Morgan fingerprint density at radius 2 is 1.59 bits per heavy atom. The first-order chi connectivity index (χ1) is 25.4. The number of carboxylic acid groups (broad SMARTS) is 1. The number of carboxylic acids is 1. The number of nitrogens with zero attached hydrogens (tertiary/aromatic N) is 2. The molecular weight excluding hydrogens is 689 g/mol. The van der Waals surface area contributed by atoms with Crippen molar-refractivity contribution in [1.29, 1.82) is 0 Å². The number of sulfone groups is 1.